The molecular formula is C9H19NOS2. The number of hydrogen-bond donors (Lipinski definition) is 1. The van der Waals surface area contributed by atoms with Crippen molar-refractivity contribution in [2.24, 2.45) is 0 Å². The van der Waals surface area contributed by atoms with E-state index in [1.54, 1.807) is 6.26 Å². The Kier molecular flexibility index (Phi) is 5.36. The molecule has 2 nitrogen and oxygen atoms in total. The van der Waals surface area contributed by atoms with E-state index in [-0.39, 0.29) is 0 Å². The van der Waals surface area contributed by atoms with E-state index < -0.39 is 10.8 Å². The van der Waals surface area contributed by atoms with Crippen LogP contribution in [0.3, 0.4) is 0 Å². The molecule has 13 heavy (non-hydrogen) atoms. The van der Waals surface area contributed by atoms with Crippen molar-refractivity contribution in [2.75, 3.05) is 24.3 Å². The summed E-state index contributed by atoms with van der Waals surface area (Å²) in [7, 11) is -0.623. The molecule has 0 amide bonds. The van der Waals surface area contributed by atoms with Gasteiger partial charge in [0.15, 0.2) is 0 Å². The summed E-state index contributed by atoms with van der Waals surface area (Å²) in [5.74, 6) is 2.12. The third-order valence-electron chi connectivity index (χ3n) is 2.39. The first-order chi connectivity index (χ1) is 6.20. The lowest BCUT2D eigenvalue weighted by Crippen LogP contribution is -2.34. The first kappa shape index (κ1) is 11.5. The van der Waals surface area contributed by atoms with Crippen molar-refractivity contribution in [1.29, 1.82) is 0 Å². The lowest BCUT2D eigenvalue weighted by Gasteiger charge is -2.15. The van der Waals surface area contributed by atoms with E-state index in [4.69, 9.17) is 0 Å². The molecule has 4 heteroatoms. The van der Waals surface area contributed by atoms with Gasteiger partial charge in [0.2, 0.25) is 0 Å². The van der Waals surface area contributed by atoms with Crippen molar-refractivity contribution in [2.45, 2.75) is 31.1 Å². The van der Waals surface area contributed by atoms with Crippen LogP contribution in [0.4, 0.5) is 0 Å². The van der Waals surface area contributed by atoms with Crippen LogP contribution in [-0.2, 0) is 10.8 Å². The zero-order valence-electron chi connectivity index (χ0n) is 8.41. The minimum Gasteiger partial charge on any atom is -0.313 e. The van der Waals surface area contributed by atoms with Crippen molar-refractivity contribution in [3.63, 3.8) is 0 Å². The summed E-state index contributed by atoms with van der Waals surface area (Å²) >= 11 is 2.05. The SMILES string of the molecule is CC1SCCC1NCCCS(C)=O. The van der Waals surface area contributed by atoms with E-state index in [9.17, 15) is 4.21 Å². The van der Waals surface area contributed by atoms with Crippen LogP contribution in [0.25, 0.3) is 0 Å². The van der Waals surface area contributed by atoms with Crippen molar-refractivity contribution >= 4 is 22.6 Å². The Balaban J connectivity index is 2.02. The molecule has 0 saturated carbocycles. The zero-order valence-corrected chi connectivity index (χ0v) is 10.0. The maximum atomic E-state index is 10.8. The van der Waals surface area contributed by atoms with Gasteiger partial charge in [-0.15, -0.1) is 0 Å². The van der Waals surface area contributed by atoms with Gasteiger partial charge in [0.1, 0.15) is 0 Å². The average molecular weight is 221 g/mol. The van der Waals surface area contributed by atoms with Crippen LogP contribution in [-0.4, -0.2) is 39.8 Å². The highest BCUT2D eigenvalue weighted by Crippen LogP contribution is 2.25. The molecule has 1 aliphatic rings. The van der Waals surface area contributed by atoms with E-state index in [0.717, 1.165) is 24.0 Å². The van der Waals surface area contributed by atoms with Gasteiger partial charge < -0.3 is 5.32 Å². The smallest absolute Gasteiger partial charge is 0.0244 e. The van der Waals surface area contributed by atoms with Crippen LogP contribution in [0.2, 0.25) is 0 Å². The van der Waals surface area contributed by atoms with Crippen LogP contribution in [0, 0.1) is 0 Å². The molecule has 3 unspecified atom stereocenters. The second-order valence-electron chi connectivity index (χ2n) is 3.56. The summed E-state index contributed by atoms with van der Waals surface area (Å²) in [5, 5.41) is 4.29. The lowest BCUT2D eigenvalue weighted by atomic mass is 10.2. The largest absolute Gasteiger partial charge is 0.313 e. The average Bonchev–Trinajstić information content (AvgIpc) is 2.45. The number of thioether (sulfide) groups is 1. The first-order valence-corrected chi connectivity index (χ1v) is 7.63. The fourth-order valence-electron chi connectivity index (χ4n) is 1.56. The highest BCUT2D eigenvalue weighted by Gasteiger charge is 2.22. The van der Waals surface area contributed by atoms with Crippen LogP contribution >= 0.6 is 11.8 Å². The maximum absolute atomic E-state index is 10.8. The normalized spacial score (nSPS) is 30.6. The molecule has 0 aromatic heterocycles. The predicted octanol–water partition coefficient (Wildman–Crippen LogP) is 1.24. The number of nitrogens with one attached hydrogen (secondary N) is 1. The second kappa shape index (κ2) is 6.04. The van der Waals surface area contributed by atoms with Gasteiger partial charge in [0.05, 0.1) is 0 Å². The summed E-state index contributed by atoms with van der Waals surface area (Å²) in [4.78, 5) is 0. The number of hydrogen-bond acceptors (Lipinski definition) is 3. The standard InChI is InChI=1S/C9H19NOS2/c1-8-9(4-6-12-8)10-5-3-7-13(2)11/h8-10H,3-7H2,1-2H3. The Bertz CT molecular complexity index is 175. The van der Waals surface area contributed by atoms with Crippen molar-refractivity contribution < 1.29 is 4.21 Å². The first-order valence-electron chi connectivity index (χ1n) is 4.85. The molecule has 0 aromatic rings. The van der Waals surface area contributed by atoms with E-state index in [1.807, 2.05) is 11.8 Å². The highest BCUT2D eigenvalue weighted by atomic mass is 32.2. The predicted molar refractivity (Wildman–Crippen MR) is 61.9 cm³/mol. The van der Waals surface area contributed by atoms with Gasteiger partial charge in [0, 0.05) is 34.1 Å². The molecule has 1 aliphatic heterocycles. The lowest BCUT2D eigenvalue weighted by molar-refractivity contribution is 0.513. The molecule has 3 atom stereocenters. The molecule has 1 rings (SSSR count). The second-order valence-corrected chi connectivity index (χ2v) is 6.60. The van der Waals surface area contributed by atoms with Gasteiger partial charge in [-0.05, 0) is 25.1 Å². The van der Waals surface area contributed by atoms with Crippen molar-refractivity contribution in [3.8, 4) is 0 Å². The molecular weight excluding hydrogens is 202 g/mol. The third-order valence-corrected chi connectivity index (χ3v) is 4.58. The van der Waals surface area contributed by atoms with Gasteiger partial charge in [-0.2, -0.15) is 11.8 Å². The topological polar surface area (TPSA) is 29.1 Å². The Hall–Kier alpha value is 0.460. The van der Waals surface area contributed by atoms with Crippen LogP contribution in [0.5, 0.6) is 0 Å². The van der Waals surface area contributed by atoms with Gasteiger partial charge in [-0.3, -0.25) is 4.21 Å². The quantitative estimate of drug-likeness (QED) is 0.708. The van der Waals surface area contributed by atoms with E-state index in [1.165, 1.54) is 12.2 Å². The van der Waals surface area contributed by atoms with E-state index in [0.29, 0.717) is 6.04 Å². The molecule has 0 bridgehead atoms. The number of rotatable bonds is 5. The molecule has 1 heterocycles. The molecule has 1 saturated heterocycles. The fraction of sp³-hybridized carbons (Fsp3) is 1.00. The summed E-state index contributed by atoms with van der Waals surface area (Å²) < 4.78 is 10.8. The summed E-state index contributed by atoms with van der Waals surface area (Å²) in [6.45, 7) is 3.31. The molecule has 0 aliphatic carbocycles. The van der Waals surface area contributed by atoms with Gasteiger partial charge in [-0.1, -0.05) is 6.92 Å². The molecule has 0 radical (unpaired) electrons. The van der Waals surface area contributed by atoms with Crippen molar-refractivity contribution in [3.05, 3.63) is 0 Å². The fourth-order valence-corrected chi connectivity index (χ4v) is 3.34. The maximum Gasteiger partial charge on any atom is 0.0244 e. The highest BCUT2D eigenvalue weighted by molar-refractivity contribution is 8.00. The van der Waals surface area contributed by atoms with Gasteiger partial charge in [0.25, 0.3) is 0 Å². The summed E-state index contributed by atoms with van der Waals surface area (Å²) in [6.07, 6.45) is 4.10. The van der Waals surface area contributed by atoms with E-state index in [2.05, 4.69) is 12.2 Å². The van der Waals surface area contributed by atoms with Crippen LogP contribution in [0.1, 0.15) is 19.8 Å². The van der Waals surface area contributed by atoms with E-state index >= 15 is 0 Å². The molecule has 1 fully saturated rings. The van der Waals surface area contributed by atoms with Crippen molar-refractivity contribution in [1.82, 2.24) is 5.32 Å². The molecule has 78 valence electrons. The third kappa shape index (κ3) is 4.47. The molecule has 1 N–H and O–H groups in total. The Morgan fingerprint density at radius 2 is 2.38 bits per heavy atom. The summed E-state index contributed by atoms with van der Waals surface area (Å²) in [5.41, 5.74) is 0. The van der Waals surface area contributed by atoms with Gasteiger partial charge >= 0.3 is 0 Å². The summed E-state index contributed by atoms with van der Waals surface area (Å²) in [6, 6.07) is 0.690. The zero-order chi connectivity index (χ0) is 9.68. The Labute approximate surface area is 87.7 Å². The molecule has 0 spiro atoms. The van der Waals surface area contributed by atoms with Crippen LogP contribution < -0.4 is 5.32 Å². The molecule has 0 aromatic carbocycles. The monoisotopic (exact) mass is 221 g/mol. The van der Waals surface area contributed by atoms with Gasteiger partial charge in [-0.25, -0.2) is 0 Å². The minimum atomic E-state index is -0.623. The minimum absolute atomic E-state index is 0.623. The Morgan fingerprint density at radius 1 is 1.62 bits per heavy atom. The Morgan fingerprint density at radius 3 is 2.92 bits per heavy atom. The van der Waals surface area contributed by atoms with Crippen LogP contribution in [0.15, 0.2) is 0 Å².